The number of unbranched alkanes of at least 4 members (excludes halogenated alkanes) is 24. The molecule has 0 aliphatic carbocycles. The van der Waals surface area contributed by atoms with Gasteiger partial charge in [-0.05, 0) is 32.1 Å². The quantitative estimate of drug-likeness (QED) is 0.0363. The second-order valence-corrected chi connectivity index (χ2v) is 14.7. The van der Waals surface area contributed by atoms with Crippen LogP contribution in [-0.4, -0.2) is 41.9 Å². The summed E-state index contributed by atoms with van der Waals surface area (Å²) in [5, 5.41) is 13.1. The van der Waals surface area contributed by atoms with Gasteiger partial charge in [-0.15, -0.1) is 0 Å². The van der Waals surface area contributed by atoms with Gasteiger partial charge >= 0.3 is 0 Å². The number of allylic oxidation sites excluding steroid dienone is 3. The highest BCUT2D eigenvalue weighted by Crippen LogP contribution is 2.15. The van der Waals surface area contributed by atoms with Gasteiger partial charge in [0.05, 0.1) is 17.9 Å². The Morgan fingerprint density at radius 3 is 1.40 bits per heavy atom. The van der Waals surface area contributed by atoms with Gasteiger partial charge in [0.25, 0.3) is 10.1 Å². The molecule has 0 radical (unpaired) electrons. The monoisotopic (exact) mass is 656 g/mol. The van der Waals surface area contributed by atoms with Crippen LogP contribution < -0.4 is 5.32 Å². The first-order valence-corrected chi connectivity index (χ1v) is 20.6. The normalized spacial score (nSPS) is 13.6. The van der Waals surface area contributed by atoms with Crippen molar-refractivity contribution >= 4 is 16.0 Å². The fourth-order valence-corrected chi connectivity index (χ4v) is 6.49. The Kier molecular flexibility index (Phi) is 31.9. The third-order valence-corrected chi connectivity index (χ3v) is 9.41. The highest BCUT2D eigenvalue weighted by atomic mass is 32.2. The van der Waals surface area contributed by atoms with E-state index in [9.17, 15) is 22.9 Å². The van der Waals surface area contributed by atoms with Crippen LogP contribution in [0.25, 0.3) is 0 Å². The smallest absolute Gasteiger partial charge is 0.267 e. The maximum atomic E-state index is 12.4. The van der Waals surface area contributed by atoms with E-state index >= 15 is 0 Å². The van der Waals surface area contributed by atoms with Crippen molar-refractivity contribution in [2.24, 2.45) is 0 Å². The molecule has 0 aliphatic heterocycles. The first-order chi connectivity index (χ1) is 21.8. The van der Waals surface area contributed by atoms with E-state index in [1.165, 1.54) is 141 Å². The van der Waals surface area contributed by atoms with Crippen LogP contribution in [0.4, 0.5) is 0 Å². The summed E-state index contributed by atoms with van der Waals surface area (Å²) in [6.45, 7) is 4.46. The van der Waals surface area contributed by atoms with Crippen molar-refractivity contribution in [3.63, 3.8) is 0 Å². The van der Waals surface area contributed by atoms with E-state index in [4.69, 9.17) is 0 Å². The Morgan fingerprint density at radius 2 is 0.956 bits per heavy atom. The van der Waals surface area contributed by atoms with Gasteiger partial charge in [-0.25, -0.2) is 0 Å². The fraction of sp³-hybridized carbons (Fsp3) is 0.868. The zero-order valence-electron chi connectivity index (χ0n) is 29.5. The number of aliphatic hydroxyl groups excluding tert-OH is 1. The molecule has 6 nitrogen and oxygen atoms in total. The van der Waals surface area contributed by atoms with Crippen molar-refractivity contribution in [2.45, 2.75) is 206 Å². The Balaban J connectivity index is 3.81. The lowest BCUT2D eigenvalue weighted by Gasteiger charge is -2.21. The Morgan fingerprint density at radius 1 is 0.578 bits per heavy atom. The summed E-state index contributed by atoms with van der Waals surface area (Å²) >= 11 is 0. The molecule has 0 aromatic heterocycles. The highest BCUT2D eigenvalue weighted by Gasteiger charge is 2.24. The molecule has 0 saturated carbocycles. The lowest BCUT2D eigenvalue weighted by molar-refractivity contribution is -0.122. The molecule has 3 N–H and O–H groups in total. The molecule has 0 bridgehead atoms. The van der Waals surface area contributed by atoms with E-state index in [-0.39, 0.29) is 5.91 Å². The number of aliphatic hydroxyl groups is 1. The zero-order chi connectivity index (χ0) is 33.3. The number of carbonyl (C=O) groups excluding carboxylic acids is 1. The predicted molar refractivity (Wildman–Crippen MR) is 193 cm³/mol. The third-order valence-electron chi connectivity index (χ3n) is 8.63. The molecule has 0 fully saturated rings. The van der Waals surface area contributed by atoms with Crippen molar-refractivity contribution in [1.29, 1.82) is 0 Å². The number of rotatable bonds is 34. The number of carbonyl (C=O) groups is 1. The van der Waals surface area contributed by atoms with Gasteiger partial charge in [-0.2, -0.15) is 8.42 Å². The molecule has 2 unspecified atom stereocenters. The minimum Gasteiger partial charge on any atom is -0.387 e. The van der Waals surface area contributed by atoms with E-state index in [0.717, 1.165) is 32.1 Å². The maximum absolute atomic E-state index is 12.4. The molecular weight excluding hydrogens is 582 g/mol. The van der Waals surface area contributed by atoms with Crippen molar-refractivity contribution in [3.8, 4) is 0 Å². The van der Waals surface area contributed by atoms with Gasteiger partial charge in [-0.3, -0.25) is 9.35 Å². The van der Waals surface area contributed by atoms with Gasteiger partial charge in [0.15, 0.2) is 0 Å². The van der Waals surface area contributed by atoms with E-state index < -0.39 is 28.0 Å². The van der Waals surface area contributed by atoms with E-state index in [1.807, 2.05) is 0 Å². The summed E-state index contributed by atoms with van der Waals surface area (Å²) in [5.74, 6) is -0.995. The summed E-state index contributed by atoms with van der Waals surface area (Å²) in [6.07, 6.45) is 40.4. The molecule has 266 valence electrons. The van der Waals surface area contributed by atoms with Gasteiger partial charge in [0, 0.05) is 6.42 Å². The topological polar surface area (TPSA) is 104 Å². The van der Waals surface area contributed by atoms with Crippen LogP contribution >= 0.6 is 0 Å². The van der Waals surface area contributed by atoms with Gasteiger partial charge < -0.3 is 10.4 Å². The SMILES string of the molecule is CCCCC/C=C/CC/C=C/C(O)C(CS(=O)(=O)O)NC(=O)CCCCCCCCCCCCCCCCCCCCCCC. The number of nitrogens with one attached hydrogen (secondary N) is 1. The third kappa shape index (κ3) is 34.0. The second kappa shape index (κ2) is 32.7. The zero-order valence-corrected chi connectivity index (χ0v) is 30.3. The molecule has 0 spiro atoms. The fourth-order valence-electron chi connectivity index (χ4n) is 5.76. The summed E-state index contributed by atoms with van der Waals surface area (Å²) in [6, 6.07) is -1.07. The summed E-state index contributed by atoms with van der Waals surface area (Å²) in [7, 11) is -4.34. The van der Waals surface area contributed by atoms with E-state index in [1.54, 1.807) is 6.08 Å². The number of hydrogen-bond donors (Lipinski definition) is 3. The van der Waals surface area contributed by atoms with Gasteiger partial charge in [-0.1, -0.05) is 179 Å². The summed E-state index contributed by atoms with van der Waals surface area (Å²) < 4.78 is 32.2. The average Bonchev–Trinajstić information content (AvgIpc) is 3.00. The lowest BCUT2D eigenvalue weighted by Crippen LogP contribution is -2.46. The Labute approximate surface area is 279 Å². The van der Waals surface area contributed by atoms with Crippen molar-refractivity contribution in [2.75, 3.05) is 5.75 Å². The lowest BCUT2D eigenvalue weighted by atomic mass is 10.0. The standard InChI is InChI=1S/C38H73NO5S/c1-3-5-7-9-11-13-14-15-16-17-18-19-20-21-22-23-24-26-28-30-32-34-38(41)39-36(35-45(42,43)44)37(40)33-31-29-27-25-12-10-8-6-4-2/h12,25,31,33,36-37,40H,3-11,13-24,26-30,32,34-35H2,1-2H3,(H,39,41)(H,42,43,44)/b25-12+,33-31+. The van der Waals surface area contributed by atoms with Crippen LogP contribution in [0.2, 0.25) is 0 Å². The van der Waals surface area contributed by atoms with Crippen LogP contribution in [0.15, 0.2) is 24.3 Å². The van der Waals surface area contributed by atoms with Gasteiger partial charge in [0.1, 0.15) is 0 Å². The molecule has 0 aliphatic rings. The van der Waals surface area contributed by atoms with Gasteiger partial charge in [0.2, 0.25) is 5.91 Å². The Hall–Kier alpha value is -1.18. The molecule has 7 heteroatoms. The molecule has 2 atom stereocenters. The van der Waals surface area contributed by atoms with Crippen LogP contribution in [-0.2, 0) is 14.9 Å². The second-order valence-electron chi connectivity index (χ2n) is 13.2. The minimum atomic E-state index is -4.34. The molecular formula is C38H73NO5S. The number of hydrogen-bond acceptors (Lipinski definition) is 4. The number of amides is 1. The van der Waals surface area contributed by atoms with E-state index in [0.29, 0.717) is 12.8 Å². The van der Waals surface area contributed by atoms with Crippen LogP contribution in [0, 0.1) is 0 Å². The van der Waals surface area contributed by atoms with Crippen LogP contribution in [0.5, 0.6) is 0 Å². The van der Waals surface area contributed by atoms with Crippen molar-refractivity contribution in [3.05, 3.63) is 24.3 Å². The first-order valence-electron chi connectivity index (χ1n) is 19.0. The summed E-state index contributed by atoms with van der Waals surface area (Å²) in [4.78, 5) is 12.4. The molecule has 45 heavy (non-hydrogen) atoms. The molecule has 0 aromatic carbocycles. The minimum absolute atomic E-state index is 0.288. The predicted octanol–water partition coefficient (Wildman–Crippen LogP) is 10.8. The van der Waals surface area contributed by atoms with E-state index in [2.05, 4.69) is 31.3 Å². The maximum Gasteiger partial charge on any atom is 0.267 e. The van der Waals surface area contributed by atoms with Crippen LogP contribution in [0.1, 0.15) is 194 Å². The molecule has 0 heterocycles. The average molecular weight is 656 g/mol. The first kappa shape index (κ1) is 43.8. The Bertz CT molecular complexity index is 811. The molecule has 1 amide bonds. The van der Waals surface area contributed by atoms with Crippen molar-refractivity contribution < 1.29 is 22.9 Å². The molecule has 0 saturated heterocycles. The molecule has 0 rings (SSSR count). The van der Waals surface area contributed by atoms with Crippen LogP contribution in [0.3, 0.4) is 0 Å². The molecule has 0 aromatic rings. The highest BCUT2D eigenvalue weighted by molar-refractivity contribution is 7.85. The summed E-state index contributed by atoms with van der Waals surface area (Å²) in [5.41, 5.74) is 0. The van der Waals surface area contributed by atoms with Crippen molar-refractivity contribution in [1.82, 2.24) is 5.32 Å². The largest absolute Gasteiger partial charge is 0.387 e.